The van der Waals surface area contributed by atoms with Gasteiger partial charge in [0.1, 0.15) is 0 Å². The summed E-state index contributed by atoms with van der Waals surface area (Å²) in [5, 5.41) is 13.4. The van der Waals surface area contributed by atoms with Crippen molar-refractivity contribution in [3.63, 3.8) is 0 Å². The molecular formula is C17H19F3N2O3. The number of hydrogen-bond donors (Lipinski definition) is 3. The fourth-order valence-electron chi connectivity index (χ4n) is 2.21. The molecule has 136 valence electrons. The van der Waals surface area contributed by atoms with Crippen LogP contribution in [0.5, 0.6) is 0 Å². The Labute approximate surface area is 143 Å². The molecule has 0 bridgehead atoms. The predicted octanol–water partition coefficient (Wildman–Crippen LogP) is 2.38. The number of amides is 1. The lowest BCUT2D eigenvalue weighted by Gasteiger charge is -2.28. The molecule has 1 aromatic carbocycles. The van der Waals surface area contributed by atoms with Gasteiger partial charge >= 0.3 is 12.1 Å². The van der Waals surface area contributed by atoms with Crippen LogP contribution in [-0.4, -0.2) is 35.9 Å². The summed E-state index contributed by atoms with van der Waals surface area (Å²) < 4.78 is 31.7. The van der Waals surface area contributed by atoms with Crippen LogP contribution in [0.2, 0.25) is 0 Å². The normalized spacial score (nSPS) is 19.8. The molecule has 1 aliphatic heterocycles. The molecule has 1 saturated heterocycles. The summed E-state index contributed by atoms with van der Waals surface area (Å²) >= 11 is 0. The van der Waals surface area contributed by atoms with E-state index >= 15 is 0 Å². The highest BCUT2D eigenvalue weighted by molar-refractivity contribution is 5.94. The Balaban J connectivity index is 0.000000381. The monoisotopic (exact) mass is 356 g/mol. The third kappa shape index (κ3) is 7.27. The van der Waals surface area contributed by atoms with Crippen LogP contribution < -0.4 is 10.6 Å². The first-order valence-corrected chi connectivity index (χ1v) is 7.54. The number of piperidine rings is 1. The van der Waals surface area contributed by atoms with E-state index in [-0.39, 0.29) is 12.1 Å². The minimum Gasteiger partial charge on any atom is -0.475 e. The van der Waals surface area contributed by atoms with Gasteiger partial charge in [-0.25, -0.2) is 4.79 Å². The van der Waals surface area contributed by atoms with Gasteiger partial charge in [-0.2, -0.15) is 13.2 Å². The van der Waals surface area contributed by atoms with Crippen molar-refractivity contribution in [2.45, 2.75) is 32.1 Å². The van der Waals surface area contributed by atoms with E-state index in [4.69, 9.17) is 16.3 Å². The minimum absolute atomic E-state index is 0.0655. The maximum Gasteiger partial charge on any atom is 0.490 e. The molecule has 0 saturated carbocycles. The number of terminal acetylenes is 1. The van der Waals surface area contributed by atoms with Gasteiger partial charge in [-0.05, 0) is 43.5 Å². The number of alkyl halides is 3. The van der Waals surface area contributed by atoms with Crippen molar-refractivity contribution < 1.29 is 27.9 Å². The zero-order valence-electron chi connectivity index (χ0n) is 13.6. The average Bonchev–Trinajstić information content (AvgIpc) is 2.54. The lowest BCUT2D eigenvalue weighted by molar-refractivity contribution is -0.192. The maximum absolute atomic E-state index is 12.1. The zero-order chi connectivity index (χ0) is 19.0. The van der Waals surface area contributed by atoms with Crippen LogP contribution in [0.15, 0.2) is 24.3 Å². The number of carbonyl (C=O) groups is 2. The molecule has 2 unspecified atom stereocenters. The van der Waals surface area contributed by atoms with Crippen molar-refractivity contribution in [1.82, 2.24) is 10.6 Å². The molecule has 0 aromatic heterocycles. The van der Waals surface area contributed by atoms with Crippen molar-refractivity contribution in [2.24, 2.45) is 5.92 Å². The molecule has 0 radical (unpaired) electrons. The van der Waals surface area contributed by atoms with Gasteiger partial charge in [-0.1, -0.05) is 18.9 Å². The second-order valence-corrected chi connectivity index (χ2v) is 5.64. The number of carbonyl (C=O) groups excluding carboxylic acids is 1. The Morgan fingerprint density at radius 3 is 2.56 bits per heavy atom. The number of hydrogen-bond acceptors (Lipinski definition) is 3. The van der Waals surface area contributed by atoms with Gasteiger partial charge in [0.05, 0.1) is 6.17 Å². The molecule has 0 spiro atoms. The summed E-state index contributed by atoms with van der Waals surface area (Å²) in [6, 6.07) is 7.14. The van der Waals surface area contributed by atoms with E-state index in [1.807, 2.05) is 6.07 Å². The van der Waals surface area contributed by atoms with Crippen LogP contribution in [0.25, 0.3) is 0 Å². The molecule has 25 heavy (non-hydrogen) atoms. The van der Waals surface area contributed by atoms with Crippen LogP contribution in [0, 0.1) is 18.3 Å². The second-order valence-electron chi connectivity index (χ2n) is 5.64. The predicted molar refractivity (Wildman–Crippen MR) is 85.7 cm³/mol. The van der Waals surface area contributed by atoms with E-state index in [0.29, 0.717) is 11.5 Å². The maximum atomic E-state index is 12.1. The summed E-state index contributed by atoms with van der Waals surface area (Å²) in [4.78, 5) is 21.0. The number of benzene rings is 1. The fraction of sp³-hybridized carbons (Fsp3) is 0.412. The smallest absolute Gasteiger partial charge is 0.475 e. The summed E-state index contributed by atoms with van der Waals surface area (Å²) in [5.41, 5.74) is 1.35. The molecule has 1 aliphatic rings. The molecule has 2 atom stereocenters. The third-order valence-electron chi connectivity index (χ3n) is 3.51. The lowest BCUT2D eigenvalue weighted by Crippen LogP contribution is -2.49. The highest BCUT2D eigenvalue weighted by atomic mass is 19.4. The number of carboxylic acid groups (broad SMARTS) is 1. The van der Waals surface area contributed by atoms with E-state index in [9.17, 15) is 18.0 Å². The molecule has 1 aromatic rings. The summed E-state index contributed by atoms with van der Waals surface area (Å²) in [6.45, 7) is 3.16. The van der Waals surface area contributed by atoms with Crippen molar-refractivity contribution in [1.29, 1.82) is 0 Å². The van der Waals surface area contributed by atoms with Crippen molar-refractivity contribution in [3.05, 3.63) is 35.4 Å². The highest BCUT2D eigenvalue weighted by Gasteiger charge is 2.38. The molecular weight excluding hydrogens is 337 g/mol. The molecule has 1 fully saturated rings. The number of rotatable bonds is 2. The van der Waals surface area contributed by atoms with Gasteiger partial charge in [0.2, 0.25) is 0 Å². The number of nitrogens with one attached hydrogen (secondary N) is 2. The van der Waals surface area contributed by atoms with Gasteiger partial charge in [0.15, 0.2) is 0 Å². The summed E-state index contributed by atoms with van der Waals surface area (Å²) in [5.74, 6) is 0.357. The molecule has 8 heteroatoms. The number of halogens is 3. The molecule has 1 heterocycles. The molecule has 1 amide bonds. The van der Waals surface area contributed by atoms with Crippen molar-refractivity contribution in [2.75, 3.05) is 6.54 Å². The Kier molecular flexibility index (Phi) is 7.45. The van der Waals surface area contributed by atoms with Crippen LogP contribution in [-0.2, 0) is 4.79 Å². The first-order valence-electron chi connectivity index (χ1n) is 7.54. The standard InChI is InChI=1S/C15H18N2O.C2HF3O2/c1-3-12-5-4-6-13(10-12)15(18)17-14-9-11(2)7-8-16-14;3-2(4,5)1(6)7/h1,4-6,10-11,14,16H,7-9H2,2H3,(H,17,18);(H,6,7). The van der Waals surface area contributed by atoms with Gasteiger partial charge in [0.25, 0.3) is 5.91 Å². The van der Waals surface area contributed by atoms with E-state index < -0.39 is 12.1 Å². The zero-order valence-corrected chi connectivity index (χ0v) is 13.6. The van der Waals surface area contributed by atoms with Crippen LogP contribution >= 0.6 is 0 Å². The molecule has 0 aliphatic carbocycles. The number of carboxylic acids is 1. The van der Waals surface area contributed by atoms with E-state index in [0.717, 1.165) is 18.5 Å². The Morgan fingerprint density at radius 1 is 1.40 bits per heavy atom. The molecule has 3 N–H and O–H groups in total. The van der Waals surface area contributed by atoms with Gasteiger partial charge in [-0.15, -0.1) is 6.42 Å². The van der Waals surface area contributed by atoms with Gasteiger partial charge in [0, 0.05) is 11.1 Å². The highest BCUT2D eigenvalue weighted by Crippen LogP contribution is 2.14. The first-order chi connectivity index (χ1) is 11.6. The minimum atomic E-state index is -5.08. The Bertz CT molecular complexity index is 653. The molecule has 2 rings (SSSR count). The van der Waals surface area contributed by atoms with E-state index in [2.05, 4.69) is 23.5 Å². The number of aliphatic carboxylic acids is 1. The summed E-state index contributed by atoms with van der Waals surface area (Å²) in [7, 11) is 0. The summed E-state index contributed by atoms with van der Waals surface area (Å²) in [6.07, 6.45) is 2.45. The Hall–Kier alpha value is -2.53. The van der Waals surface area contributed by atoms with E-state index in [1.54, 1.807) is 18.2 Å². The Morgan fingerprint density at radius 2 is 2.04 bits per heavy atom. The van der Waals surface area contributed by atoms with Crippen LogP contribution in [0.3, 0.4) is 0 Å². The van der Waals surface area contributed by atoms with E-state index in [1.165, 1.54) is 6.42 Å². The SMILES string of the molecule is C#Cc1cccc(C(=O)NC2CC(C)CCN2)c1.O=C(O)C(F)(F)F. The topological polar surface area (TPSA) is 78.4 Å². The average molecular weight is 356 g/mol. The largest absolute Gasteiger partial charge is 0.490 e. The van der Waals surface area contributed by atoms with Crippen molar-refractivity contribution >= 4 is 11.9 Å². The quantitative estimate of drug-likeness (QED) is 0.711. The lowest BCUT2D eigenvalue weighted by atomic mass is 9.98. The van der Waals surface area contributed by atoms with Gasteiger partial charge in [-0.3, -0.25) is 10.1 Å². The first kappa shape index (κ1) is 20.5. The fourth-order valence-corrected chi connectivity index (χ4v) is 2.21. The van der Waals surface area contributed by atoms with Crippen LogP contribution in [0.4, 0.5) is 13.2 Å². The van der Waals surface area contributed by atoms with Crippen molar-refractivity contribution in [3.8, 4) is 12.3 Å². The third-order valence-corrected chi connectivity index (χ3v) is 3.51. The van der Waals surface area contributed by atoms with Gasteiger partial charge < -0.3 is 10.4 Å². The molecule has 5 nitrogen and oxygen atoms in total. The second kappa shape index (κ2) is 9.08. The van der Waals surface area contributed by atoms with Crippen LogP contribution in [0.1, 0.15) is 35.7 Å².